The molecule has 174 valence electrons. The highest BCUT2D eigenvalue weighted by Crippen LogP contribution is 2.33. The summed E-state index contributed by atoms with van der Waals surface area (Å²) in [5.74, 6) is -3.49. The van der Waals surface area contributed by atoms with Gasteiger partial charge in [-0.3, -0.25) is 19.9 Å². The number of hydrogen-bond donors (Lipinski definition) is 4. The van der Waals surface area contributed by atoms with Gasteiger partial charge in [-0.25, -0.2) is 23.5 Å². The van der Waals surface area contributed by atoms with Crippen molar-refractivity contribution in [3.8, 4) is 17.3 Å². The number of rotatable bonds is 4. The molecule has 14 heteroatoms. The number of aromatic amines is 3. The van der Waals surface area contributed by atoms with Crippen molar-refractivity contribution < 1.29 is 18.3 Å². The Morgan fingerprint density at radius 3 is 2.65 bits per heavy atom. The van der Waals surface area contributed by atoms with E-state index in [0.29, 0.717) is 5.56 Å². The van der Waals surface area contributed by atoms with Crippen LogP contribution < -0.4 is 27.0 Å². The van der Waals surface area contributed by atoms with Gasteiger partial charge in [0.15, 0.2) is 6.10 Å². The molecule has 0 aliphatic carbocycles. The zero-order chi connectivity index (χ0) is 24.5. The first-order chi connectivity index (χ1) is 16.2. The molecular formula is C20H15F2N7O5. The first-order valence-corrected chi connectivity index (χ1v) is 9.69. The second-order valence-corrected chi connectivity index (χ2v) is 7.30. The minimum absolute atomic E-state index is 0.0710. The summed E-state index contributed by atoms with van der Waals surface area (Å²) in [4.78, 5) is 52.9. The third-order valence-electron chi connectivity index (χ3n) is 4.99. The van der Waals surface area contributed by atoms with Gasteiger partial charge in [0.1, 0.15) is 5.69 Å². The molecule has 1 fully saturated rings. The standard InChI is InChI=1S/C20H15F2N7O5/c21-20(22)9-29(8-15(20)34-19(33)25-11-3-1-10(6-23)2-4-11)14-5-13(27-28-17(14)31)12-7-24-18(32)26-16(12)30/h1-5,7,15H,8-9H2,(H,25,33)(H,28,31)(H2,24,26,30,32). The van der Waals surface area contributed by atoms with E-state index in [1.54, 1.807) is 0 Å². The first kappa shape index (κ1) is 22.4. The Balaban J connectivity index is 1.52. The number of nitrogens with zero attached hydrogens (tertiary/aromatic N) is 3. The lowest BCUT2D eigenvalue weighted by atomic mass is 10.2. The number of amides is 1. The lowest BCUT2D eigenvalue weighted by Gasteiger charge is -2.18. The lowest BCUT2D eigenvalue weighted by Crippen LogP contribution is -2.37. The van der Waals surface area contributed by atoms with Gasteiger partial charge < -0.3 is 14.6 Å². The van der Waals surface area contributed by atoms with E-state index in [2.05, 4.69) is 20.5 Å². The fourth-order valence-electron chi connectivity index (χ4n) is 3.33. The van der Waals surface area contributed by atoms with Crippen molar-refractivity contribution in [1.82, 2.24) is 20.2 Å². The van der Waals surface area contributed by atoms with Crippen LogP contribution in [-0.4, -0.2) is 51.4 Å². The highest BCUT2D eigenvalue weighted by Gasteiger charge is 2.51. The van der Waals surface area contributed by atoms with Gasteiger partial charge in [-0.1, -0.05) is 0 Å². The Morgan fingerprint density at radius 2 is 1.97 bits per heavy atom. The summed E-state index contributed by atoms with van der Waals surface area (Å²) in [6.45, 7) is -1.45. The van der Waals surface area contributed by atoms with Gasteiger partial charge >= 0.3 is 17.7 Å². The van der Waals surface area contributed by atoms with Gasteiger partial charge in [0.05, 0.1) is 36.0 Å². The molecule has 1 unspecified atom stereocenters. The average molecular weight is 471 g/mol. The maximum atomic E-state index is 14.6. The summed E-state index contributed by atoms with van der Waals surface area (Å²) < 4.78 is 34.1. The van der Waals surface area contributed by atoms with E-state index in [4.69, 9.17) is 10.00 Å². The van der Waals surface area contributed by atoms with Crippen molar-refractivity contribution in [2.75, 3.05) is 23.3 Å². The Kier molecular flexibility index (Phi) is 5.68. The monoisotopic (exact) mass is 471 g/mol. The normalized spacial score (nSPS) is 16.6. The number of benzene rings is 1. The van der Waals surface area contributed by atoms with Crippen LogP contribution in [0.25, 0.3) is 11.3 Å². The predicted octanol–water partition coefficient (Wildman–Crippen LogP) is 0.758. The molecule has 1 amide bonds. The number of nitrogens with one attached hydrogen (secondary N) is 4. The molecule has 4 N–H and O–H groups in total. The summed E-state index contributed by atoms with van der Waals surface area (Å²) in [6.07, 6.45) is -1.94. The van der Waals surface area contributed by atoms with Crippen LogP contribution in [0.3, 0.4) is 0 Å². The minimum atomic E-state index is -3.49. The second kappa shape index (κ2) is 8.62. The van der Waals surface area contributed by atoms with Gasteiger partial charge in [0, 0.05) is 11.9 Å². The molecule has 3 aromatic rings. The molecule has 0 radical (unpaired) electrons. The van der Waals surface area contributed by atoms with E-state index in [9.17, 15) is 28.0 Å². The van der Waals surface area contributed by atoms with E-state index in [0.717, 1.165) is 17.2 Å². The second-order valence-electron chi connectivity index (χ2n) is 7.30. The van der Waals surface area contributed by atoms with E-state index in [1.165, 1.54) is 24.3 Å². The molecule has 34 heavy (non-hydrogen) atoms. The molecule has 2 aromatic heterocycles. The number of carbonyl (C=O) groups excluding carboxylic acids is 1. The molecule has 12 nitrogen and oxygen atoms in total. The van der Waals surface area contributed by atoms with Crippen LogP contribution in [-0.2, 0) is 4.74 Å². The summed E-state index contributed by atoms with van der Waals surface area (Å²) in [7, 11) is 0. The fourth-order valence-corrected chi connectivity index (χ4v) is 3.33. The molecule has 0 bridgehead atoms. The maximum absolute atomic E-state index is 14.6. The van der Waals surface area contributed by atoms with Crippen molar-refractivity contribution in [3.63, 3.8) is 0 Å². The topological polar surface area (TPSA) is 177 Å². The largest absolute Gasteiger partial charge is 0.438 e. The van der Waals surface area contributed by atoms with Crippen LogP contribution in [0.1, 0.15) is 5.56 Å². The van der Waals surface area contributed by atoms with Crippen molar-refractivity contribution in [1.29, 1.82) is 5.26 Å². The van der Waals surface area contributed by atoms with E-state index < -0.39 is 48.0 Å². The number of halogens is 2. The Labute approximate surface area is 187 Å². The van der Waals surface area contributed by atoms with Gasteiger partial charge in [-0.05, 0) is 30.3 Å². The molecule has 0 spiro atoms. The van der Waals surface area contributed by atoms with Crippen molar-refractivity contribution in [3.05, 3.63) is 73.3 Å². The third kappa shape index (κ3) is 4.53. The van der Waals surface area contributed by atoms with Gasteiger partial charge in [0.2, 0.25) is 0 Å². The molecule has 1 aromatic carbocycles. The third-order valence-corrected chi connectivity index (χ3v) is 4.99. The highest BCUT2D eigenvalue weighted by atomic mass is 19.3. The molecule has 1 aliphatic heterocycles. The number of anilines is 2. The lowest BCUT2D eigenvalue weighted by molar-refractivity contribution is -0.0735. The van der Waals surface area contributed by atoms with Gasteiger partial charge in [0.25, 0.3) is 11.1 Å². The van der Waals surface area contributed by atoms with Crippen LogP contribution in [0.5, 0.6) is 0 Å². The Morgan fingerprint density at radius 1 is 1.24 bits per heavy atom. The number of H-pyrrole nitrogens is 3. The number of carbonyl (C=O) groups is 1. The highest BCUT2D eigenvalue weighted by molar-refractivity contribution is 5.84. The fraction of sp³-hybridized carbons (Fsp3) is 0.200. The zero-order valence-electron chi connectivity index (χ0n) is 17.1. The number of hydrogen-bond acceptors (Lipinski definition) is 8. The van der Waals surface area contributed by atoms with Crippen molar-refractivity contribution in [2.24, 2.45) is 0 Å². The summed E-state index contributed by atoms with van der Waals surface area (Å²) in [5.41, 5.74) is -2.15. The van der Waals surface area contributed by atoms with E-state index >= 15 is 0 Å². The number of ether oxygens (including phenoxy) is 1. The molecule has 4 rings (SSSR count). The van der Waals surface area contributed by atoms with Crippen LogP contribution in [0, 0.1) is 11.3 Å². The smallest absolute Gasteiger partial charge is 0.412 e. The first-order valence-electron chi connectivity index (χ1n) is 9.69. The van der Waals surface area contributed by atoms with E-state index in [1.807, 2.05) is 11.1 Å². The minimum Gasteiger partial charge on any atom is -0.438 e. The Bertz CT molecular complexity index is 1460. The predicted molar refractivity (Wildman–Crippen MR) is 114 cm³/mol. The van der Waals surface area contributed by atoms with Crippen LogP contribution in [0.4, 0.5) is 25.0 Å². The van der Waals surface area contributed by atoms with Crippen molar-refractivity contribution in [2.45, 2.75) is 12.0 Å². The maximum Gasteiger partial charge on any atom is 0.412 e. The molecule has 1 aliphatic rings. The van der Waals surface area contributed by atoms with E-state index in [-0.39, 0.29) is 22.6 Å². The van der Waals surface area contributed by atoms with Gasteiger partial charge in [-0.15, -0.1) is 0 Å². The molecule has 3 heterocycles. The Hall–Kier alpha value is -4.80. The van der Waals surface area contributed by atoms with Crippen LogP contribution in [0.15, 0.2) is 50.9 Å². The number of alkyl halides is 2. The zero-order valence-corrected chi connectivity index (χ0v) is 17.1. The van der Waals surface area contributed by atoms with Gasteiger partial charge in [-0.2, -0.15) is 10.4 Å². The molecular weight excluding hydrogens is 456 g/mol. The quantitative estimate of drug-likeness (QED) is 0.431. The number of aromatic nitrogens is 4. The van der Waals surface area contributed by atoms with Crippen LogP contribution >= 0.6 is 0 Å². The summed E-state index contributed by atoms with van der Waals surface area (Å²) >= 11 is 0. The average Bonchev–Trinajstić information content (AvgIpc) is 3.08. The molecule has 1 saturated heterocycles. The molecule has 1 atom stereocenters. The summed E-state index contributed by atoms with van der Waals surface area (Å²) in [5, 5.41) is 16.9. The van der Waals surface area contributed by atoms with Crippen molar-refractivity contribution >= 4 is 17.5 Å². The summed E-state index contributed by atoms with van der Waals surface area (Å²) in [6, 6.07) is 8.72. The van der Waals surface area contributed by atoms with Crippen LogP contribution in [0.2, 0.25) is 0 Å². The number of nitriles is 1. The SMILES string of the molecule is N#Cc1ccc(NC(=O)OC2CN(c3cc(-c4c[nH]c(=O)[nH]c4=O)n[nH]c3=O)CC2(F)F)cc1. The molecule has 0 saturated carbocycles.